The Labute approximate surface area is 176 Å². The van der Waals surface area contributed by atoms with Crippen LogP contribution in [0.5, 0.6) is 5.75 Å². The standard InChI is InChI=1S/C19H23N3O6S2/c1-14(23)20-15-5-7-16(8-6-15)21-30(26,27)19-13-17(9-10-18(19)28-2)22-11-3-4-12-29(22,24)25/h5-10,13,21H,3-4,11-12H2,1-2H3,(H,20,23). The fourth-order valence-corrected chi connectivity index (χ4v) is 6.02. The summed E-state index contributed by atoms with van der Waals surface area (Å²) in [4.78, 5) is 10.9. The lowest BCUT2D eigenvalue weighted by molar-refractivity contribution is -0.114. The molecule has 1 saturated heterocycles. The van der Waals surface area contributed by atoms with E-state index in [-0.39, 0.29) is 33.7 Å². The van der Waals surface area contributed by atoms with Crippen molar-refractivity contribution in [3.63, 3.8) is 0 Å². The lowest BCUT2D eigenvalue weighted by Crippen LogP contribution is -2.37. The van der Waals surface area contributed by atoms with Crippen LogP contribution in [0.3, 0.4) is 0 Å². The van der Waals surface area contributed by atoms with Crippen molar-refractivity contribution < 1.29 is 26.4 Å². The fourth-order valence-electron chi connectivity index (χ4n) is 3.14. The van der Waals surface area contributed by atoms with Crippen LogP contribution < -0.4 is 19.1 Å². The summed E-state index contributed by atoms with van der Waals surface area (Å²) in [5.41, 5.74) is 1.08. The summed E-state index contributed by atoms with van der Waals surface area (Å²) in [7, 11) is -6.22. The van der Waals surface area contributed by atoms with E-state index in [4.69, 9.17) is 4.74 Å². The van der Waals surface area contributed by atoms with E-state index in [2.05, 4.69) is 10.0 Å². The first-order chi connectivity index (χ1) is 14.1. The molecule has 2 aromatic carbocycles. The highest BCUT2D eigenvalue weighted by molar-refractivity contribution is 7.93. The van der Waals surface area contributed by atoms with Gasteiger partial charge in [0.2, 0.25) is 15.9 Å². The Bertz CT molecular complexity index is 1150. The molecule has 0 aliphatic carbocycles. The lowest BCUT2D eigenvalue weighted by Gasteiger charge is -2.28. The van der Waals surface area contributed by atoms with Crippen molar-refractivity contribution in [1.82, 2.24) is 0 Å². The normalized spacial score (nSPS) is 16.0. The third kappa shape index (κ3) is 4.85. The molecule has 1 fully saturated rings. The van der Waals surface area contributed by atoms with Gasteiger partial charge in [-0.3, -0.25) is 13.8 Å². The third-order valence-electron chi connectivity index (χ3n) is 4.53. The van der Waals surface area contributed by atoms with Crippen LogP contribution in [0.2, 0.25) is 0 Å². The first-order valence-electron chi connectivity index (χ1n) is 9.21. The fraction of sp³-hybridized carbons (Fsp3) is 0.316. The van der Waals surface area contributed by atoms with Gasteiger partial charge in [-0.05, 0) is 55.3 Å². The molecule has 0 spiro atoms. The molecule has 9 nitrogen and oxygen atoms in total. The number of ether oxygens (including phenoxy) is 1. The van der Waals surface area contributed by atoms with Crippen LogP contribution in [0.15, 0.2) is 47.4 Å². The number of nitrogens with zero attached hydrogens (tertiary/aromatic N) is 1. The number of sulfonamides is 2. The molecule has 0 unspecified atom stereocenters. The largest absolute Gasteiger partial charge is 0.495 e. The number of carbonyl (C=O) groups is 1. The van der Waals surface area contributed by atoms with E-state index in [0.717, 1.165) is 0 Å². The van der Waals surface area contributed by atoms with Gasteiger partial charge < -0.3 is 10.1 Å². The molecular formula is C19H23N3O6S2. The average Bonchev–Trinajstić information content (AvgIpc) is 2.68. The molecule has 1 aliphatic heterocycles. The molecule has 2 N–H and O–H groups in total. The number of amides is 1. The summed E-state index contributed by atoms with van der Waals surface area (Å²) in [5.74, 6) is -0.118. The molecule has 1 heterocycles. The van der Waals surface area contributed by atoms with Gasteiger partial charge in [0.25, 0.3) is 10.0 Å². The second-order valence-corrected chi connectivity index (χ2v) is 10.5. The Hall–Kier alpha value is -2.79. The van der Waals surface area contributed by atoms with E-state index >= 15 is 0 Å². The summed E-state index contributed by atoms with van der Waals surface area (Å²) >= 11 is 0. The van der Waals surface area contributed by atoms with Gasteiger partial charge in [0, 0.05) is 24.8 Å². The molecule has 11 heteroatoms. The van der Waals surface area contributed by atoms with Crippen LogP contribution >= 0.6 is 0 Å². The second kappa shape index (κ2) is 8.52. The van der Waals surface area contributed by atoms with Gasteiger partial charge in [-0.2, -0.15) is 0 Å². The Balaban J connectivity index is 1.93. The van der Waals surface area contributed by atoms with E-state index in [0.29, 0.717) is 25.1 Å². The van der Waals surface area contributed by atoms with Crippen molar-refractivity contribution >= 4 is 43.0 Å². The number of nitrogens with one attached hydrogen (secondary N) is 2. The Morgan fingerprint density at radius 1 is 1.07 bits per heavy atom. The maximum absolute atomic E-state index is 13.0. The molecule has 2 aromatic rings. The first-order valence-corrected chi connectivity index (χ1v) is 12.3. The van der Waals surface area contributed by atoms with Gasteiger partial charge >= 0.3 is 0 Å². The molecule has 1 amide bonds. The number of hydrogen-bond acceptors (Lipinski definition) is 6. The summed E-state index contributed by atoms with van der Waals surface area (Å²) in [5, 5.41) is 2.60. The lowest BCUT2D eigenvalue weighted by atomic mass is 10.2. The number of methoxy groups -OCH3 is 1. The summed E-state index contributed by atoms with van der Waals surface area (Å²) < 4.78 is 59.7. The highest BCUT2D eigenvalue weighted by atomic mass is 32.2. The molecule has 162 valence electrons. The Morgan fingerprint density at radius 2 is 1.73 bits per heavy atom. The first kappa shape index (κ1) is 21.9. The zero-order valence-electron chi connectivity index (χ0n) is 16.6. The maximum Gasteiger partial charge on any atom is 0.265 e. The summed E-state index contributed by atoms with van der Waals surface area (Å²) in [6.45, 7) is 1.67. The quantitative estimate of drug-likeness (QED) is 0.693. The number of hydrogen-bond donors (Lipinski definition) is 2. The van der Waals surface area contributed by atoms with Crippen LogP contribution in [0.25, 0.3) is 0 Å². The Kier molecular flexibility index (Phi) is 6.22. The highest BCUT2D eigenvalue weighted by Gasteiger charge is 2.28. The minimum Gasteiger partial charge on any atom is -0.495 e. The highest BCUT2D eigenvalue weighted by Crippen LogP contribution is 2.33. The van der Waals surface area contributed by atoms with E-state index in [1.54, 1.807) is 12.1 Å². The van der Waals surface area contributed by atoms with Crippen molar-refractivity contribution in [2.45, 2.75) is 24.7 Å². The molecule has 1 aliphatic rings. The molecule has 0 bridgehead atoms. The minimum atomic E-state index is -4.07. The minimum absolute atomic E-state index is 0.0278. The maximum atomic E-state index is 13.0. The van der Waals surface area contributed by atoms with Crippen LogP contribution in [0, 0.1) is 0 Å². The zero-order chi connectivity index (χ0) is 21.9. The second-order valence-electron chi connectivity index (χ2n) is 6.79. The molecular weight excluding hydrogens is 430 g/mol. The van der Waals surface area contributed by atoms with Crippen LogP contribution in [0.4, 0.5) is 17.1 Å². The topological polar surface area (TPSA) is 122 Å². The monoisotopic (exact) mass is 453 g/mol. The van der Waals surface area contributed by atoms with E-state index in [1.807, 2.05) is 0 Å². The Morgan fingerprint density at radius 3 is 2.33 bits per heavy atom. The van der Waals surface area contributed by atoms with Crippen molar-refractivity contribution in [3.05, 3.63) is 42.5 Å². The third-order valence-corrected chi connectivity index (χ3v) is 7.80. The number of anilines is 3. The molecule has 0 radical (unpaired) electrons. The number of carbonyl (C=O) groups excluding carboxylic acids is 1. The van der Waals surface area contributed by atoms with Crippen LogP contribution in [0.1, 0.15) is 19.8 Å². The van der Waals surface area contributed by atoms with E-state index in [1.165, 1.54) is 48.7 Å². The molecule has 0 atom stereocenters. The molecule has 0 aromatic heterocycles. The van der Waals surface area contributed by atoms with Crippen molar-refractivity contribution in [2.24, 2.45) is 0 Å². The molecule has 3 rings (SSSR count). The predicted molar refractivity (Wildman–Crippen MR) is 115 cm³/mol. The van der Waals surface area contributed by atoms with Gasteiger partial charge in [0.1, 0.15) is 10.6 Å². The van der Waals surface area contributed by atoms with Gasteiger partial charge in [-0.15, -0.1) is 0 Å². The van der Waals surface area contributed by atoms with Gasteiger partial charge in [0.15, 0.2) is 0 Å². The number of rotatable bonds is 6. The number of benzene rings is 2. The summed E-state index contributed by atoms with van der Waals surface area (Å²) in [6, 6.07) is 10.4. The SMILES string of the molecule is COc1ccc(N2CCCCS2(=O)=O)cc1S(=O)(=O)Nc1ccc(NC(C)=O)cc1. The van der Waals surface area contributed by atoms with Crippen molar-refractivity contribution in [2.75, 3.05) is 33.8 Å². The van der Waals surface area contributed by atoms with E-state index in [9.17, 15) is 21.6 Å². The van der Waals surface area contributed by atoms with E-state index < -0.39 is 20.0 Å². The predicted octanol–water partition coefficient (Wildman–Crippen LogP) is 2.38. The smallest absolute Gasteiger partial charge is 0.265 e. The van der Waals surface area contributed by atoms with Crippen LogP contribution in [-0.4, -0.2) is 42.2 Å². The summed E-state index contributed by atoms with van der Waals surface area (Å²) in [6.07, 6.45) is 1.28. The van der Waals surface area contributed by atoms with Crippen molar-refractivity contribution in [1.29, 1.82) is 0 Å². The molecule has 30 heavy (non-hydrogen) atoms. The average molecular weight is 454 g/mol. The van der Waals surface area contributed by atoms with Gasteiger partial charge in [0.05, 0.1) is 18.6 Å². The van der Waals surface area contributed by atoms with Crippen molar-refractivity contribution in [3.8, 4) is 5.75 Å². The molecule has 0 saturated carbocycles. The van der Waals surface area contributed by atoms with Gasteiger partial charge in [-0.1, -0.05) is 0 Å². The van der Waals surface area contributed by atoms with Gasteiger partial charge in [-0.25, -0.2) is 16.8 Å². The zero-order valence-corrected chi connectivity index (χ0v) is 18.2. The van der Waals surface area contributed by atoms with Crippen LogP contribution in [-0.2, 0) is 24.8 Å².